The van der Waals surface area contributed by atoms with E-state index in [2.05, 4.69) is 20.6 Å². The van der Waals surface area contributed by atoms with E-state index in [4.69, 9.17) is 9.90 Å². The van der Waals surface area contributed by atoms with Crippen LogP contribution < -0.4 is 10.6 Å². The van der Waals surface area contributed by atoms with Gasteiger partial charge in [0.05, 0.1) is 5.52 Å². The second-order valence-corrected chi connectivity index (χ2v) is 9.69. The van der Waals surface area contributed by atoms with Crippen LogP contribution in [-0.2, 0) is 9.59 Å². The van der Waals surface area contributed by atoms with E-state index in [-0.39, 0.29) is 47.8 Å². The zero-order chi connectivity index (χ0) is 23.8. The second kappa shape index (κ2) is 9.17. The maximum Gasteiger partial charge on any atom is 0.290 e. The van der Waals surface area contributed by atoms with E-state index in [1.165, 1.54) is 4.68 Å². The molecule has 0 spiro atoms. The molecule has 4 heterocycles. The molecule has 2 aliphatic carbocycles. The molecule has 2 bridgehead atoms. The Morgan fingerprint density at radius 1 is 1.03 bits per heavy atom. The molecule has 10 nitrogen and oxygen atoms in total. The summed E-state index contributed by atoms with van der Waals surface area (Å²) in [7, 11) is 0. The fourth-order valence-electron chi connectivity index (χ4n) is 4.99. The summed E-state index contributed by atoms with van der Waals surface area (Å²) in [5.74, 6) is 0.311. The van der Waals surface area contributed by atoms with Crippen molar-refractivity contribution in [2.24, 2.45) is 17.8 Å². The Morgan fingerprint density at radius 3 is 2.29 bits per heavy atom. The van der Waals surface area contributed by atoms with Gasteiger partial charge in [-0.1, -0.05) is 0 Å². The van der Waals surface area contributed by atoms with E-state index >= 15 is 0 Å². The van der Waals surface area contributed by atoms with Crippen molar-refractivity contribution >= 4 is 40.8 Å². The van der Waals surface area contributed by atoms with Gasteiger partial charge in [-0.2, -0.15) is 9.78 Å². The molecule has 2 saturated carbocycles. The lowest BCUT2D eigenvalue weighted by Gasteiger charge is -2.44. The standard InChI is InChI=1S/C23H27N5O3.CH2O2/c29-21(14-1-2-14)24-16-5-6-19-17(11-16)20(26-28(19)23(31)15-3-4-15)22(30)25-18-12-27-9-7-13(18)8-10-27;2-1-3/h5-6,11,13-15,18H,1-4,7-10,12H2,(H,24,29)(H,25,30);1H,(H,2,3)/t18-;/m1./s1. The Morgan fingerprint density at radius 2 is 1.71 bits per heavy atom. The summed E-state index contributed by atoms with van der Waals surface area (Å²) in [5.41, 5.74) is 1.53. The quantitative estimate of drug-likeness (QED) is 0.573. The van der Waals surface area contributed by atoms with Gasteiger partial charge in [-0.15, -0.1) is 0 Å². The van der Waals surface area contributed by atoms with E-state index in [1.807, 2.05) is 0 Å². The summed E-state index contributed by atoms with van der Waals surface area (Å²) in [4.78, 5) is 49.0. The molecule has 1 atom stereocenters. The van der Waals surface area contributed by atoms with Crippen LogP contribution in [0, 0.1) is 17.8 Å². The minimum absolute atomic E-state index is 0.00450. The van der Waals surface area contributed by atoms with Gasteiger partial charge in [-0.25, -0.2) is 0 Å². The SMILES string of the molecule is O=C(N[C@@H]1CN2CCC1CC2)c1nn(C(=O)C2CC2)c2ccc(NC(=O)C3CC3)cc12.O=CO. The van der Waals surface area contributed by atoms with Gasteiger partial charge >= 0.3 is 0 Å². The summed E-state index contributed by atoms with van der Waals surface area (Å²) >= 11 is 0. The number of piperidine rings is 3. The first-order chi connectivity index (χ1) is 16.5. The number of carboxylic acid groups (broad SMARTS) is 1. The van der Waals surface area contributed by atoms with E-state index in [9.17, 15) is 14.4 Å². The van der Waals surface area contributed by atoms with Gasteiger partial charge in [-0.05, 0) is 75.7 Å². The predicted molar refractivity (Wildman–Crippen MR) is 124 cm³/mol. The van der Waals surface area contributed by atoms with Crippen molar-refractivity contribution in [2.45, 2.75) is 44.6 Å². The molecule has 0 radical (unpaired) electrons. The molecule has 0 unspecified atom stereocenters. The predicted octanol–water partition coefficient (Wildman–Crippen LogP) is 1.96. The van der Waals surface area contributed by atoms with Gasteiger partial charge in [0.1, 0.15) is 0 Å². The molecule has 3 N–H and O–H groups in total. The molecule has 1 aromatic heterocycles. The van der Waals surface area contributed by atoms with Crippen LogP contribution >= 0.6 is 0 Å². The monoisotopic (exact) mass is 467 g/mol. The zero-order valence-corrected chi connectivity index (χ0v) is 18.9. The molecule has 34 heavy (non-hydrogen) atoms. The Hall–Kier alpha value is -3.27. The van der Waals surface area contributed by atoms with Gasteiger partial charge in [0, 0.05) is 35.5 Å². The number of hydrogen-bond acceptors (Lipinski definition) is 6. The number of nitrogens with zero attached hydrogens (tertiary/aromatic N) is 3. The number of carbonyl (C=O) groups excluding carboxylic acids is 3. The highest BCUT2D eigenvalue weighted by molar-refractivity contribution is 6.09. The second-order valence-electron chi connectivity index (χ2n) is 9.69. The van der Waals surface area contributed by atoms with Crippen molar-refractivity contribution < 1.29 is 24.3 Å². The fraction of sp³-hybridized carbons (Fsp3) is 0.542. The smallest absolute Gasteiger partial charge is 0.290 e. The van der Waals surface area contributed by atoms with Gasteiger partial charge in [0.25, 0.3) is 18.3 Å². The molecule has 2 amide bonds. The fourth-order valence-corrected chi connectivity index (χ4v) is 4.99. The minimum Gasteiger partial charge on any atom is -0.483 e. The molecule has 1 aromatic carbocycles. The van der Waals surface area contributed by atoms with Crippen LogP contribution in [0.1, 0.15) is 53.8 Å². The van der Waals surface area contributed by atoms with Crippen LogP contribution in [0.4, 0.5) is 5.69 Å². The van der Waals surface area contributed by atoms with Gasteiger partial charge < -0.3 is 20.6 Å². The Balaban J connectivity index is 0.000000764. The van der Waals surface area contributed by atoms with Crippen molar-refractivity contribution in [3.8, 4) is 0 Å². The topological polar surface area (TPSA) is 134 Å². The molecule has 10 heteroatoms. The summed E-state index contributed by atoms with van der Waals surface area (Å²) in [6.45, 7) is 2.84. The molecule has 5 aliphatic rings. The Kier molecular flexibility index (Phi) is 6.07. The molecule has 5 fully saturated rings. The van der Waals surface area contributed by atoms with Crippen LogP contribution in [0.15, 0.2) is 18.2 Å². The highest BCUT2D eigenvalue weighted by Crippen LogP contribution is 2.34. The van der Waals surface area contributed by atoms with Crippen molar-refractivity contribution in [1.82, 2.24) is 20.0 Å². The van der Waals surface area contributed by atoms with Crippen molar-refractivity contribution in [3.05, 3.63) is 23.9 Å². The average molecular weight is 468 g/mol. The highest BCUT2D eigenvalue weighted by Gasteiger charge is 2.37. The molecular formula is C24H29N5O5. The zero-order valence-electron chi connectivity index (χ0n) is 18.9. The van der Waals surface area contributed by atoms with Crippen LogP contribution in [0.25, 0.3) is 10.9 Å². The highest BCUT2D eigenvalue weighted by atomic mass is 16.3. The Bertz CT molecular complexity index is 1130. The summed E-state index contributed by atoms with van der Waals surface area (Å²) in [6.07, 6.45) is 5.81. The average Bonchev–Trinajstić information content (AvgIpc) is 3.75. The first-order valence-electron chi connectivity index (χ1n) is 12.0. The van der Waals surface area contributed by atoms with E-state index in [0.29, 0.717) is 22.5 Å². The van der Waals surface area contributed by atoms with Gasteiger partial charge in [0.2, 0.25) is 5.91 Å². The van der Waals surface area contributed by atoms with E-state index < -0.39 is 0 Å². The number of nitrogens with one attached hydrogen (secondary N) is 2. The maximum absolute atomic E-state index is 13.3. The largest absolute Gasteiger partial charge is 0.483 e. The van der Waals surface area contributed by atoms with Crippen molar-refractivity contribution in [2.75, 3.05) is 25.0 Å². The molecule has 7 rings (SSSR count). The number of aromatic nitrogens is 2. The van der Waals surface area contributed by atoms with Crippen molar-refractivity contribution in [1.29, 1.82) is 0 Å². The molecule has 3 aliphatic heterocycles. The third kappa shape index (κ3) is 4.54. The van der Waals surface area contributed by atoms with Crippen LogP contribution in [0.2, 0.25) is 0 Å². The van der Waals surface area contributed by atoms with Crippen LogP contribution in [-0.4, -0.2) is 69.7 Å². The molecular weight excluding hydrogens is 438 g/mol. The first-order valence-corrected chi connectivity index (χ1v) is 12.0. The van der Waals surface area contributed by atoms with Crippen LogP contribution in [0.3, 0.4) is 0 Å². The number of carbonyl (C=O) groups is 4. The third-order valence-electron chi connectivity index (χ3n) is 7.22. The number of rotatable bonds is 5. The van der Waals surface area contributed by atoms with Crippen LogP contribution in [0.5, 0.6) is 0 Å². The Labute approximate surface area is 196 Å². The maximum atomic E-state index is 13.3. The summed E-state index contributed by atoms with van der Waals surface area (Å²) in [5, 5.41) is 18.1. The number of fused-ring (bicyclic) bond motifs is 4. The van der Waals surface area contributed by atoms with Gasteiger partial charge in [-0.3, -0.25) is 19.2 Å². The summed E-state index contributed by atoms with van der Waals surface area (Å²) in [6, 6.07) is 5.48. The lowest BCUT2D eigenvalue weighted by Crippen LogP contribution is -2.57. The lowest BCUT2D eigenvalue weighted by molar-refractivity contribution is -0.123. The number of hydrogen-bond donors (Lipinski definition) is 3. The number of benzene rings is 1. The lowest BCUT2D eigenvalue weighted by atomic mass is 9.84. The minimum atomic E-state index is -0.250. The van der Waals surface area contributed by atoms with E-state index in [0.717, 1.165) is 58.2 Å². The van der Waals surface area contributed by atoms with E-state index in [1.54, 1.807) is 18.2 Å². The number of amides is 2. The van der Waals surface area contributed by atoms with Gasteiger partial charge in [0.15, 0.2) is 5.69 Å². The number of anilines is 1. The molecule has 180 valence electrons. The van der Waals surface area contributed by atoms with Crippen molar-refractivity contribution in [3.63, 3.8) is 0 Å². The third-order valence-corrected chi connectivity index (χ3v) is 7.22. The normalized spacial score (nSPS) is 25.2. The molecule has 2 aromatic rings. The molecule has 3 saturated heterocycles. The summed E-state index contributed by atoms with van der Waals surface area (Å²) < 4.78 is 1.39. The first kappa shape index (κ1) is 22.5.